The Morgan fingerprint density at radius 1 is 1.47 bits per heavy atom. The van der Waals surface area contributed by atoms with Gasteiger partial charge in [-0.05, 0) is 12.5 Å². The highest BCUT2D eigenvalue weighted by molar-refractivity contribution is 5.81. The van der Waals surface area contributed by atoms with Crippen LogP contribution in [0.4, 0.5) is 0 Å². The Labute approximate surface area is 101 Å². The Bertz CT molecular complexity index is 407. The highest BCUT2D eigenvalue weighted by atomic mass is 16.6. The third-order valence-electron chi connectivity index (χ3n) is 3.31. The van der Waals surface area contributed by atoms with Crippen molar-refractivity contribution in [3.05, 3.63) is 48.6 Å². The molecule has 0 N–H and O–H groups in total. The van der Waals surface area contributed by atoms with E-state index in [0.717, 1.165) is 5.56 Å². The monoisotopic (exact) mass is 232 g/mol. The molecule has 17 heavy (non-hydrogen) atoms. The fourth-order valence-electron chi connectivity index (χ4n) is 2.06. The Morgan fingerprint density at radius 2 is 2.12 bits per heavy atom. The van der Waals surface area contributed by atoms with E-state index >= 15 is 0 Å². The first-order valence-electron chi connectivity index (χ1n) is 5.65. The van der Waals surface area contributed by atoms with Crippen molar-refractivity contribution < 1.29 is 14.3 Å². The molecule has 3 heteroatoms. The van der Waals surface area contributed by atoms with Gasteiger partial charge in [0.15, 0.2) is 0 Å². The third-order valence-corrected chi connectivity index (χ3v) is 3.31. The van der Waals surface area contributed by atoms with Crippen molar-refractivity contribution in [2.45, 2.75) is 18.4 Å². The van der Waals surface area contributed by atoms with Crippen molar-refractivity contribution in [2.75, 3.05) is 13.2 Å². The molecule has 1 unspecified atom stereocenters. The summed E-state index contributed by atoms with van der Waals surface area (Å²) in [5.41, 5.74) is 0.940. The minimum Gasteiger partial charge on any atom is -0.458 e. The maximum absolute atomic E-state index is 11.3. The van der Waals surface area contributed by atoms with Gasteiger partial charge in [0.2, 0.25) is 0 Å². The van der Waals surface area contributed by atoms with Crippen LogP contribution in [-0.4, -0.2) is 25.3 Å². The van der Waals surface area contributed by atoms with E-state index in [9.17, 15) is 4.79 Å². The van der Waals surface area contributed by atoms with E-state index in [1.807, 2.05) is 37.3 Å². The Kier molecular flexibility index (Phi) is 3.29. The number of carbonyl (C=O) groups excluding carboxylic acids is 1. The van der Waals surface area contributed by atoms with Crippen molar-refractivity contribution >= 4 is 5.97 Å². The molecule has 90 valence electrons. The van der Waals surface area contributed by atoms with E-state index in [4.69, 9.17) is 9.47 Å². The second-order valence-electron chi connectivity index (χ2n) is 4.30. The topological polar surface area (TPSA) is 35.5 Å². The van der Waals surface area contributed by atoms with E-state index in [2.05, 4.69) is 6.58 Å². The summed E-state index contributed by atoms with van der Waals surface area (Å²) in [7, 11) is 0. The molecule has 2 rings (SSSR count). The summed E-state index contributed by atoms with van der Waals surface area (Å²) in [6.07, 6.45) is 0.971. The average Bonchev–Trinajstić information content (AvgIpc) is 2.28. The number of rotatable bonds is 4. The van der Waals surface area contributed by atoms with Gasteiger partial charge in [-0.15, -0.1) is 0 Å². The summed E-state index contributed by atoms with van der Waals surface area (Å²) in [5, 5.41) is 0. The molecule has 1 saturated heterocycles. The predicted octanol–water partition coefficient (Wildman–Crippen LogP) is 2.07. The Hall–Kier alpha value is -1.61. The van der Waals surface area contributed by atoms with E-state index in [0.29, 0.717) is 13.2 Å². The Balaban J connectivity index is 2.20. The van der Waals surface area contributed by atoms with Gasteiger partial charge in [-0.1, -0.05) is 36.9 Å². The molecule has 3 nitrogen and oxygen atoms in total. The zero-order chi connectivity index (χ0) is 12.3. The molecular formula is C14H16O3. The van der Waals surface area contributed by atoms with Gasteiger partial charge in [-0.2, -0.15) is 0 Å². The summed E-state index contributed by atoms with van der Waals surface area (Å²) in [4.78, 5) is 11.3. The van der Waals surface area contributed by atoms with E-state index in [1.54, 1.807) is 0 Å². The first kappa shape index (κ1) is 11.9. The summed E-state index contributed by atoms with van der Waals surface area (Å²) < 4.78 is 10.6. The molecule has 0 aliphatic carbocycles. The van der Waals surface area contributed by atoms with Crippen LogP contribution in [0.1, 0.15) is 12.5 Å². The fraction of sp³-hybridized carbons (Fsp3) is 0.357. The number of esters is 1. The van der Waals surface area contributed by atoms with Crippen LogP contribution in [0.5, 0.6) is 0 Å². The van der Waals surface area contributed by atoms with Crippen LogP contribution < -0.4 is 0 Å². The number of hydrogen-bond acceptors (Lipinski definition) is 3. The summed E-state index contributed by atoms with van der Waals surface area (Å²) >= 11 is 0. The molecule has 1 aromatic carbocycles. The lowest BCUT2D eigenvalue weighted by Gasteiger charge is -2.45. The van der Waals surface area contributed by atoms with Crippen molar-refractivity contribution in [1.29, 1.82) is 0 Å². The molecule has 1 fully saturated rings. The van der Waals surface area contributed by atoms with Gasteiger partial charge >= 0.3 is 5.97 Å². The molecule has 0 bridgehead atoms. The lowest BCUT2D eigenvalue weighted by Crippen LogP contribution is -2.55. The molecule has 0 radical (unpaired) electrons. The number of ether oxygens (including phenoxy) is 2. The molecule has 0 amide bonds. The zero-order valence-electron chi connectivity index (χ0n) is 9.89. The second kappa shape index (κ2) is 4.72. The maximum atomic E-state index is 11.3. The van der Waals surface area contributed by atoms with Crippen LogP contribution in [0, 0.1) is 0 Å². The minimum atomic E-state index is -0.389. The molecule has 1 aromatic rings. The first-order chi connectivity index (χ1) is 8.19. The normalized spacial score (nSPS) is 18.9. The van der Waals surface area contributed by atoms with Gasteiger partial charge in [0, 0.05) is 6.08 Å². The van der Waals surface area contributed by atoms with E-state index in [-0.39, 0.29) is 17.5 Å². The number of benzene rings is 1. The highest BCUT2D eigenvalue weighted by Crippen LogP contribution is 2.37. The second-order valence-corrected chi connectivity index (χ2v) is 4.30. The average molecular weight is 232 g/mol. The van der Waals surface area contributed by atoms with E-state index < -0.39 is 0 Å². The van der Waals surface area contributed by atoms with Gasteiger partial charge < -0.3 is 9.47 Å². The molecular weight excluding hydrogens is 216 g/mol. The van der Waals surface area contributed by atoms with Crippen LogP contribution in [-0.2, 0) is 19.7 Å². The van der Waals surface area contributed by atoms with Crippen LogP contribution in [0.15, 0.2) is 43.0 Å². The van der Waals surface area contributed by atoms with Crippen LogP contribution in [0.2, 0.25) is 0 Å². The number of carbonyl (C=O) groups is 1. The largest absolute Gasteiger partial charge is 0.458 e. The fourth-order valence-corrected chi connectivity index (χ4v) is 2.06. The molecule has 1 aliphatic rings. The van der Waals surface area contributed by atoms with Crippen LogP contribution in [0.3, 0.4) is 0 Å². The lowest BCUT2D eigenvalue weighted by molar-refractivity contribution is -0.163. The molecule has 0 saturated carbocycles. The predicted molar refractivity (Wildman–Crippen MR) is 64.7 cm³/mol. The van der Waals surface area contributed by atoms with Gasteiger partial charge in [0.1, 0.15) is 6.10 Å². The lowest BCUT2D eigenvalue weighted by atomic mass is 9.74. The summed E-state index contributed by atoms with van der Waals surface area (Å²) in [6, 6.07) is 10.0. The third kappa shape index (κ3) is 2.11. The van der Waals surface area contributed by atoms with Gasteiger partial charge in [0.05, 0.1) is 18.6 Å². The maximum Gasteiger partial charge on any atom is 0.330 e. The van der Waals surface area contributed by atoms with Crippen molar-refractivity contribution in [3.8, 4) is 0 Å². The SMILES string of the molecule is C=CC(=O)OC(C)C1(c2ccccc2)COC1. The van der Waals surface area contributed by atoms with Crippen LogP contribution in [0.25, 0.3) is 0 Å². The van der Waals surface area contributed by atoms with Gasteiger partial charge in [0.25, 0.3) is 0 Å². The quantitative estimate of drug-likeness (QED) is 0.589. The van der Waals surface area contributed by atoms with Gasteiger partial charge in [-0.25, -0.2) is 4.79 Å². The summed E-state index contributed by atoms with van der Waals surface area (Å²) in [5.74, 6) is -0.389. The van der Waals surface area contributed by atoms with Gasteiger partial charge in [-0.3, -0.25) is 0 Å². The first-order valence-corrected chi connectivity index (χ1v) is 5.65. The van der Waals surface area contributed by atoms with Crippen LogP contribution >= 0.6 is 0 Å². The summed E-state index contributed by atoms with van der Waals surface area (Å²) in [6.45, 7) is 6.48. The molecule has 1 atom stereocenters. The zero-order valence-corrected chi connectivity index (χ0v) is 9.89. The van der Waals surface area contributed by atoms with Crippen molar-refractivity contribution in [2.24, 2.45) is 0 Å². The van der Waals surface area contributed by atoms with Crippen molar-refractivity contribution in [3.63, 3.8) is 0 Å². The minimum absolute atomic E-state index is 0.208. The molecule has 1 heterocycles. The number of hydrogen-bond donors (Lipinski definition) is 0. The van der Waals surface area contributed by atoms with Crippen molar-refractivity contribution in [1.82, 2.24) is 0 Å². The highest BCUT2D eigenvalue weighted by Gasteiger charge is 2.47. The smallest absolute Gasteiger partial charge is 0.330 e. The molecule has 0 spiro atoms. The van der Waals surface area contributed by atoms with E-state index in [1.165, 1.54) is 6.08 Å². The Morgan fingerprint density at radius 3 is 2.59 bits per heavy atom. The standard InChI is InChI=1S/C14H16O3/c1-3-13(15)17-11(2)14(9-16-10-14)12-7-5-4-6-8-12/h3-8,11H,1,9-10H2,2H3. The molecule has 1 aliphatic heterocycles. The molecule has 0 aromatic heterocycles.